The van der Waals surface area contributed by atoms with Gasteiger partial charge in [0.15, 0.2) is 0 Å². The monoisotopic (exact) mass is 423 g/mol. The molecule has 0 aromatic heterocycles. The molecule has 3 heteroatoms. The summed E-state index contributed by atoms with van der Waals surface area (Å²) in [7, 11) is 0. The van der Waals surface area contributed by atoms with Gasteiger partial charge < -0.3 is 10.1 Å². The average Bonchev–Trinajstić information content (AvgIpc) is 2.71. The first kappa shape index (κ1) is 20.4. The third-order valence-corrected chi connectivity index (χ3v) is 8.50. The van der Waals surface area contributed by atoms with Gasteiger partial charge in [0.2, 0.25) is 0 Å². The number of hydrogen-bond acceptors (Lipinski definition) is 2. The summed E-state index contributed by atoms with van der Waals surface area (Å²) in [6.07, 6.45) is 8.78. The van der Waals surface area contributed by atoms with E-state index in [0.717, 1.165) is 40.6 Å². The maximum Gasteiger partial charge on any atom is 0.124 e. The van der Waals surface area contributed by atoms with Crippen molar-refractivity contribution in [1.82, 2.24) is 5.32 Å². The van der Waals surface area contributed by atoms with Crippen LogP contribution >= 0.6 is 11.6 Å². The largest absolute Gasteiger partial charge is 0.489 e. The molecule has 6 rings (SSSR count). The molecule has 2 aromatic rings. The number of rotatable bonds is 7. The van der Waals surface area contributed by atoms with Gasteiger partial charge in [0.25, 0.3) is 0 Å². The summed E-state index contributed by atoms with van der Waals surface area (Å²) in [5.41, 5.74) is 4.16. The van der Waals surface area contributed by atoms with Crippen molar-refractivity contribution in [3.8, 4) is 5.75 Å². The maximum atomic E-state index is 6.35. The van der Waals surface area contributed by atoms with Crippen molar-refractivity contribution in [2.45, 2.75) is 71.6 Å². The molecule has 30 heavy (non-hydrogen) atoms. The number of nitrogens with one attached hydrogen (secondary N) is 1. The van der Waals surface area contributed by atoms with Crippen LogP contribution in [0.5, 0.6) is 5.75 Å². The fourth-order valence-corrected chi connectivity index (χ4v) is 7.14. The Bertz CT molecular complexity index is 872. The number of ether oxygens (including phenoxy) is 1. The molecule has 4 saturated carbocycles. The number of aryl methyl sites for hydroxylation is 1. The first-order valence-corrected chi connectivity index (χ1v) is 12.1. The zero-order valence-corrected chi connectivity index (χ0v) is 19.0. The predicted molar refractivity (Wildman–Crippen MR) is 124 cm³/mol. The van der Waals surface area contributed by atoms with E-state index in [1.54, 1.807) is 0 Å². The summed E-state index contributed by atoms with van der Waals surface area (Å²) < 4.78 is 6.24. The van der Waals surface area contributed by atoms with E-state index in [1.165, 1.54) is 49.7 Å². The Kier molecular flexibility index (Phi) is 5.58. The molecule has 1 atom stereocenters. The minimum absolute atomic E-state index is 0.509. The molecule has 4 fully saturated rings. The van der Waals surface area contributed by atoms with Gasteiger partial charge in [-0.3, -0.25) is 0 Å². The zero-order valence-electron chi connectivity index (χ0n) is 18.3. The highest BCUT2D eigenvalue weighted by Crippen LogP contribution is 2.61. The van der Waals surface area contributed by atoms with Gasteiger partial charge in [-0.25, -0.2) is 0 Å². The van der Waals surface area contributed by atoms with Crippen LogP contribution in [0.25, 0.3) is 0 Å². The Labute approximate surface area is 186 Å². The molecular weight excluding hydrogens is 390 g/mol. The third-order valence-electron chi connectivity index (χ3n) is 8.27. The van der Waals surface area contributed by atoms with Crippen molar-refractivity contribution < 1.29 is 4.74 Å². The Balaban J connectivity index is 1.27. The Hall–Kier alpha value is -1.51. The second kappa shape index (κ2) is 8.20. The molecule has 4 aliphatic carbocycles. The molecule has 0 heterocycles. The normalized spacial score (nSPS) is 30.4. The average molecular weight is 424 g/mol. The van der Waals surface area contributed by atoms with Crippen molar-refractivity contribution >= 4 is 11.6 Å². The highest BCUT2D eigenvalue weighted by Gasteiger charge is 2.52. The SMILES string of the molecule is Cc1ccccc1COc1ccc(Cl)cc1CNC(C)C12CC3CC(CC(C3)C1)C2. The van der Waals surface area contributed by atoms with Gasteiger partial charge in [-0.2, -0.15) is 0 Å². The number of benzene rings is 2. The molecule has 160 valence electrons. The van der Waals surface area contributed by atoms with Crippen LogP contribution in [0.3, 0.4) is 0 Å². The first-order valence-electron chi connectivity index (χ1n) is 11.7. The molecule has 0 radical (unpaired) electrons. The molecule has 4 aliphatic rings. The lowest BCUT2D eigenvalue weighted by atomic mass is 9.48. The van der Waals surface area contributed by atoms with Gasteiger partial charge >= 0.3 is 0 Å². The maximum absolute atomic E-state index is 6.35. The topological polar surface area (TPSA) is 21.3 Å². The lowest BCUT2D eigenvalue weighted by Crippen LogP contribution is -2.54. The third kappa shape index (κ3) is 4.01. The molecule has 1 N–H and O–H groups in total. The van der Waals surface area contributed by atoms with Gasteiger partial charge in [-0.05, 0) is 105 Å². The van der Waals surface area contributed by atoms with Gasteiger partial charge in [0.1, 0.15) is 12.4 Å². The molecule has 0 spiro atoms. The van der Waals surface area contributed by atoms with E-state index < -0.39 is 0 Å². The van der Waals surface area contributed by atoms with Crippen LogP contribution in [-0.2, 0) is 13.2 Å². The van der Waals surface area contributed by atoms with Crippen LogP contribution in [0.15, 0.2) is 42.5 Å². The van der Waals surface area contributed by atoms with Crippen LogP contribution in [0.4, 0.5) is 0 Å². The summed E-state index contributed by atoms with van der Waals surface area (Å²) in [4.78, 5) is 0. The Morgan fingerprint density at radius 2 is 1.67 bits per heavy atom. The highest BCUT2D eigenvalue weighted by molar-refractivity contribution is 6.30. The Morgan fingerprint density at radius 3 is 2.33 bits per heavy atom. The highest BCUT2D eigenvalue weighted by atomic mass is 35.5. The summed E-state index contributed by atoms with van der Waals surface area (Å²) in [5, 5.41) is 4.67. The predicted octanol–water partition coefficient (Wildman–Crippen LogP) is 6.92. The molecule has 4 bridgehead atoms. The second-order valence-corrected chi connectivity index (χ2v) is 10.8. The van der Waals surface area contributed by atoms with E-state index in [2.05, 4.69) is 49.5 Å². The number of halogens is 1. The van der Waals surface area contributed by atoms with E-state index in [9.17, 15) is 0 Å². The van der Waals surface area contributed by atoms with Gasteiger partial charge in [0.05, 0.1) is 0 Å². The Morgan fingerprint density at radius 1 is 1.00 bits per heavy atom. The van der Waals surface area contributed by atoms with E-state index in [1.807, 2.05) is 12.1 Å². The minimum atomic E-state index is 0.509. The minimum Gasteiger partial charge on any atom is -0.489 e. The van der Waals surface area contributed by atoms with Crippen LogP contribution < -0.4 is 10.1 Å². The smallest absolute Gasteiger partial charge is 0.124 e. The summed E-state index contributed by atoms with van der Waals surface area (Å²) in [5.74, 6) is 3.90. The zero-order chi connectivity index (χ0) is 20.7. The quantitative estimate of drug-likeness (QED) is 0.521. The standard InChI is InChI=1S/C27H34ClNO/c1-18-5-3-4-6-23(18)17-30-26-8-7-25(28)12-24(26)16-29-19(2)27-13-20-9-21(14-27)11-22(10-20)15-27/h3-8,12,19-22,29H,9-11,13-17H2,1-2H3. The van der Waals surface area contributed by atoms with Crippen molar-refractivity contribution in [2.24, 2.45) is 23.2 Å². The van der Waals surface area contributed by atoms with Gasteiger partial charge in [-0.1, -0.05) is 35.9 Å². The fourth-order valence-electron chi connectivity index (χ4n) is 6.94. The second-order valence-electron chi connectivity index (χ2n) is 10.3. The van der Waals surface area contributed by atoms with Crippen LogP contribution in [0.1, 0.15) is 62.1 Å². The molecule has 0 aliphatic heterocycles. The number of hydrogen-bond donors (Lipinski definition) is 1. The van der Waals surface area contributed by atoms with Gasteiger partial charge in [0, 0.05) is 23.2 Å². The van der Waals surface area contributed by atoms with Crippen LogP contribution in [0.2, 0.25) is 5.02 Å². The van der Waals surface area contributed by atoms with E-state index in [4.69, 9.17) is 16.3 Å². The van der Waals surface area contributed by atoms with E-state index in [-0.39, 0.29) is 0 Å². The van der Waals surface area contributed by atoms with Crippen molar-refractivity contribution in [3.05, 3.63) is 64.2 Å². The van der Waals surface area contributed by atoms with Crippen molar-refractivity contribution in [3.63, 3.8) is 0 Å². The van der Waals surface area contributed by atoms with E-state index in [0.29, 0.717) is 18.1 Å². The molecule has 2 nitrogen and oxygen atoms in total. The molecule has 0 saturated heterocycles. The van der Waals surface area contributed by atoms with E-state index >= 15 is 0 Å². The molecular formula is C27H34ClNO. The first-order chi connectivity index (χ1) is 14.5. The van der Waals surface area contributed by atoms with Crippen molar-refractivity contribution in [2.75, 3.05) is 0 Å². The molecule has 2 aromatic carbocycles. The van der Waals surface area contributed by atoms with Crippen molar-refractivity contribution in [1.29, 1.82) is 0 Å². The van der Waals surface area contributed by atoms with Crippen LogP contribution in [-0.4, -0.2) is 6.04 Å². The lowest BCUT2D eigenvalue weighted by molar-refractivity contribution is -0.0706. The fraction of sp³-hybridized carbons (Fsp3) is 0.556. The molecule has 0 amide bonds. The lowest BCUT2D eigenvalue weighted by Gasteiger charge is -2.59. The van der Waals surface area contributed by atoms with Crippen LogP contribution in [0, 0.1) is 30.1 Å². The summed E-state index contributed by atoms with van der Waals surface area (Å²) >= 11 is 6.35. The van der Waals surface area contributed by atoms with Gasteiger partial charge in [-0.15, -0.1) is 0 Å². The molecule has 1 unspecified atom stereocenters. The summed E-state index contributed by atoms with van der Waals surface area (Å²) in [6, 6.07) is 15.0. The summed E-state index contributed by atoms with van der Waals surface area (Å²) in [6.45, 7) is 5.96.